The quantitative estimate of drug-likeness (QED) is 0.751. The molecule has 0 unspecified atom stereocenters. The molecular formula is C11H14FNO. The number of carbonyl (C=O) groups excluding carboxylic acids is 1. The van der Waals surface area contributed by atoms with Gasteiger partial charge in [0.25, 0.3) is 0 Å². The highest BCUT2D eigenvalue weighted by Crippen LogP contribution is 2.22. The number of hydrogen-bond donors (Lipinski definition) is 1. The fourth-order valence-electron chi connectivity index (χ4n) is 1.49. The first-order valence-electron chi connectivity index (χ1n) is 4.61. The van der Waals surface area contributed by atoms with Gasteiger partial charge >= 0.3 is 0 Å². The molecule has 1 aromatic carbocycles. The van der Waals surface area contributed by atoms with Crippen LogP contribution in [0.25, 0.3) is 0 Å². The minimum atomic E-state index is -0.317. The summed E-state index contributed by atoms with van der Waals surface area (Å²) in [5.74, 6) is -0.411. The summed E-state index contributed by atoms with van der Waals surface area (Å²) in [6.07, 6.45) is 0.524. The predicted molar refractivity (Wildman–Crippen MR) is 55.3 cm³/mol. The topological polar surface area (TPSA) is 29.1 Å². The highest BCUT2D eigenvalue weighted by molar-refractivity contribution is 5.96. The molecule has 0 amide bonds. The van der Waals surface area contributed by atoms with Gasteiger partial charge in [0, 0.05) is 18.2 Å². The van der Waals surface area contributed by atoms with Crippen molar-refractivity contribution in [3.63, 3.8) is 0 Å². The molecule has 0 fully saturated rings. The lowest BCUT2D eigenvalue weighted by atomic mass is 10.0. The standard InChI is InChI=1S/C11H14FNO/c1-4-8-9(7(2)14)5-6-10(13-3)11(8)12/h5-6,13H,4H2,1-3H3. The third-order valence-electron chi connectivity index (χ3n) is 2.25. The first kappa shape index (κ1) is 10.7. The van der Waals surface area contributed by atoms with Crippen molar-refractivity contribution >= 4 is 11.5 Å². The van der Waals surface area contributed by atoms with Crippen LogP contribution in [0, 0.1) is 5.82 Å². The largest absolute Gasteiger partial charge is 0.386 e. The number of rotatable bonds is 3. The Hall–Kier alpha value is -1.38. The van der Waals surface area contributed by atoms with Crippen LogP contribution in [-0.4, -0.2) is 12.8 Å². The average Bonchev–Trinajstić information content (AvgIpc) is 2.17. The summed E-state index contributed by atoms with van der Waals surface area (Å²) < 4.78 is 13.7. The molecule has 3 heteroatoms. The molecule has 2 nitrogen and oxygen atoms in total. The van der Waals surface area contributed by atoms with E-state index in [1.807, 2.05) is 6.92 Å². The zero-order valence-electron chi connectivity index (χ0n) is 8.65. The Morgan fingerprint density at radius 3 is 2.57 bits per heavy atom. The van der Waals surface area contributed by atoms with E-state index in [0.717, 1.165) is 0 Å². The van der Waals surface area contributed by atoms with Gasteiger partial charge in [-0.25, -0.2) is 4.39 Å². The number of Topliss-reactive ketones (excluding diaryl/α,β-unsaturated/α-hetero) is 1. The summed E-state index contributed by atoms with van der Waals surface area (Å²) in [5, 5.41) is 2.75. The fraction of sp³-hybridized carbons (Fsp3) is 0.364. The molecule has 0 saturated carbocycles. The van der Waals surface area contributed by atoms with E-state index in [-0.39, 0.29) is 11.6 Å². The average molecular weight is 195 g/mol. The number of ketones is 1. The van der Waals surface area contributed by atoms with Crippen molar-refractivity contribution in [1.29, 1.82) is 0 Å². The monoisotopic (exact) mass is 195 g/mol. The third-order valence-corrected chi connectivity index (χ3v) is 2.25. The predicted octanol–water partition coefficient (Wildman–Crippen LogP) is 2.63. The Labute approximate surface area is 83.1 Å². The van der Waals surface area contributed by atoms with Crippen LogP contribution in [0.4, 0.5) is 10.1 Å². The first-order chi connectivity index (χ1) is 6.61. The van der Waals surface area contributed by atoms with Crippen molar-refractivity contribution < 1.29 is 9.18 Å². The van der Waals surface area contributed by atoms with Crippen molar-refractivity contribution in [3.8, 4) is 0 Å². The van der Waals surface area contributed by atoms with Crippen LogP contribution in [0.3, 0.4) is 0 Å². The maximum absolute atomic E-state index is 13.7. The van der Waals surface area contributed by atoms with Crippen LogP contribution in [0.2, 0.25) is 0 Å². The van der Waals surface area contributed by atoms with Crippen molar-refractivity contribution in [2.75, 3.05) is 12.4 Å². The molecule has 0 atom stereocenters. The van der Waals surface area contributed by atoms with Gasteiger partial charge in [0.2, 0.25) is 0 Å². The summed E-state index contributed by atoms with van der Waals surface area (Å²) in [6.45, 7) is 3.29. The molecule has 0 saturated heterocycles. The van der Waals surface area contributed by atoms with Gasteiger partial charge < -0.3 is 5.32 Å². The summed E-state index contributed by atoms with van der Waals surface area (Å²) >= 11 is 0. The Bertz CT molecular complexity index is 361. The van der Waals surface area contributed by atoms with Gasteiger partial charge in [-0.1, -0.05) is 6.92 Å². The van der Waals surface area contributed by atoms with Crippen LogP contribution >= 0.6 is 0 Å². The first-order valence-corrected chi connectivity index (χ1v) is 4.61. The molecule has 1 aromatic rings. The molecule has 0 aliphatic carbocycles. The van der Waals surface area contributed by atoms with E-state index in [0.29, 0.717) is 23.2 Å². The van der Waals surface area contributed by atoms with Gasteiger partial charge in [0.15, 0.2) is 5.78 Å². The molecular weight excluding hydrogens is 181 g/mol. The second kappa shape index (κ2) is 4.22. The number of benzene rings is 1. The molecule has 0 aliphatic heterocycles. The number of carbonyl (C=O) groups is 1. The maximum Gasteiger partial charge on any atom is 0.160 e. The van der Waals surface area contributed by atoms with E-state index >= 15 is 0 Å². The Morgan fingerprint density at radius 1 is 1.50 bits per heavy atom. The Morgan fingerprint density at radius 2 is 2.14 bits per heavy atom. The molecule has 14 heavy (non-hydrogen) atoms. The van der Waals surface area contributed by atoms with Gasteiger partial charge in [0.1, 0.15) is 5.82 Å². The number of nitrogens with one attached hydrogen (secondary N) is 1. The van der Waals surface area contributed by atoms with Crippen molar-refractivity contribution in [2.45, 2.75) is 20.3 Å². The highest BCUT2D eigenvalue weighted by Gasteiger charge is 2.13. The Balaban J connectivity index is 3.35. The van der Waals surface area contributed by atoms with Crippen LogP contribution in [0.5, 0.6) is 0 Å². The summed E-state index contributed by atoms with van der Waals surface area (Å²) in [7, 11) is 1.66. The third kappa shape index (κ3) is 1.76. The summed E-state index contributed by atoms with van der Waals surface area (Å²) in [5.41, 5.74) is 1.40. The number of anilines is 1. The van der Waals surface area contributed by atoms with Gasteiger partial charge in [-0.2, -0.15) is 0 Å². The zero-order chi connectivity index (χ0) is 10.7. The normalized spacial score (nSPS) is 10.0. The van der Waals surface area contributed by atoms with E-state index in [2.05, 4.69) is 5.32 Å². The Kier molecular flexibility index (Phi) is 3.23. The smallest absolute Gasteiger partial charge is 0.160 e. The SMILES string of the molecule is CCc1c(C(C)=O)ccc(NC)c1F. The minimum Gasteiger partial charge on any atom is -0.386 e. The van der Waals surface area contributed by atoms with E-state index < -0.39 is 0 Å². The summed E-state index contributed by atoms with van der Waals surface area (Å²) in [6, 6.07) is 3.25. The second-order valence-corrected chi connectivity index (χ2v) is 3.11. The fourth-order valence-corrected chi connectivity index (χ4v) is 1.49. The summed E-state index contributed by atoms with van der Waals surface area (Å²) in [4.78, 5) is 11.2. The minimum absolute atomic E-state index is 0.0941. The molecule has 0 radical (unpaired) electrons. The van der Waals surface area contributed by atoms with Crippen LogP contribution in [0.15, 0.2) is 12.1 Å². The van der Waals surface area contributed by atoms with E-state index in [1.54, 1.807) is 19.2 Å². The van der Waals surface area contributed by atoms with E-state index in [4.69, 9.17) is 0 Å². The second-order valence-electron chi connectivity index (χ2n) is 3.11. The van der Waals surface area contributed by atoms with Crippen molar-refractivity contribution in [3.05, 3.63) is 29.1 Å². The van der Waals surface area contributed by atoms with E-state index in [9.17, 15) is 9.18 Å². The lowest BCUT2D eigenvalue weighted by Crippen LogP contribution is -2.04. The molecule has 0 aromatic heterocycles. The van der Waals surface area contributed by atoms with Crippen LogP contribution < -0.4 is 5.32 Å². The van der Waals surface area contributed by atoms with Gasteiger partial charge in [-0.3, -0.25) is 4.79 Å². The molecule has 0 bridgehead atoms. The van der Waals surface area contributed by atoms with Gasteiger partial charge in [-0.15, -0.1) is 0 Å². The molecule has 0 spiro atoms. The molecule has 1 N–H and O–H groups in total. The zero-order valence-corrected chi connectivity index (χ0v) is 8.65. The van der Waals surface area contributed by atoms with Gasteiger partial charge in [0.05, 0.1) is 5.69 Å². The maximum atomic E-state index is 13.7. The molecule has 0 heterocycles. The van der Waals surface area contributed by atoms with Gasteiger partial charge in [-0.05, 0) is 25.5 Å². The number of halogens is 1. The number of hydrogen-bond acceptors (Lipinski definition) is 2. The van der Waals surface area contributed by atoms with Crippen molar-refractivity contribution in [1.82, 2.24) is 0 Å². The van der Waals surface area contributed by atoms with Crippen molar-refractivity contribution in [2.24, 2.45) is 0 Å². The molecule has 0 aliphatic rings. The van der Waals surface area contributed by atoms with Crippen LogP contribution in [-0.2, 0) is 6.42 Å². The lowest BCUT2D eigenvalue weighted by molar-refractivity contribution is 0.101. The molecule has 76 valence electrons. The lowest BCUT2D eigenvalue weighted by Gasteiger charge is -2.10. The van der Waals surface area contributed by atoms with Crippen LogP contribution in [0.1, 0.15) is 29.8 Å². The van der Waals surface area contributed by atoms with E-state index in [1.165, 1.54) is 6.92 Å². The highest BCUT2D eigenvalue weighted by atomic mass is 19.1. The molecule has 1 rings (SSSR count).